The predicted molar refractivity (Wildman–Crippen MR) is 281 cm³/mol. The molecule has 3 amide bonds. The Morgan fingerprint density at radius 2 is 1.53 bits per heavy atom. The number of fused-ring (bicyclic) bond motifs is 2. The molecule has 8 heterocycles. The third-order valence-corrected chi connectivity index (χ3v) is 17.4. The summed E-state index contributed by atoms with van der Waals surface area (Å²) in [5, 5.41) is 35.8. The Morgan fingerprint density at radius 3 is 2.19 bits per heavy atom. The highest BCUT2D eigenvalue weighted by Gasteiger charge is 2.54. The van der Waals surface area contributed by atoms with Crippen molar-refractivity contribution in [3.63, 3.8) is 0 Å². The van der Waals surface area contributed by atoms with Gasteiger partial charge in [-0.25, -0.2) is 15.0 Å². The zero-order valence-electron chi connectivity index (χ0n) is 42.2. The van der Waals surface area contributed by atoms with Gasteiger partial charge in [-0.2, -0.15) is 0 Å². The molecule has 3 aromatic heterocycles. The number of nitrogens with two attached hydrogens (primary N) is 1. The number of nitrogens with zero attached hydrogens (tertiary/aromatic N) is 10. The number of aliphatic hydroxyl groups excluding tert-OH is 1. The number of rotatable bonds is 12. The number of nitrogens with one attached hydrogen (secondary N) is 2. The molecule has 5 saturated heterocycles. The molecule has 2 unspecified atom stereocenters. The van der Waals surface area contributed by atoms with E-state index in [9.17, 15) is 24.6 Å². The molecular formula is C54H67N13O5S. The highest BCUT2D eigenvalue weighted by atomic mass is 32.1. The van der Waals surface area contributed by atoms with Crippen LogP contribution in [0, 0.1) is 23.7 Å². The van der Waals surface area contributed by atoms with Crippen molar-refractivity contribution < 1.29 is 24.6 Å². The van der Waals surface area contributed by atoms with Crippen LogP contribution in [0.15, 0.2) is 72.5 Å². The molecule has 6 aliphatic rings. The van der Waals surface area contributed by atoms with Crippen LogP contribution in [0.25, 0.3) is 21.7 Å². The number of hydrogen-bond donors (Lipinski definition) is 5. The SMILES string of the molecule is Cc1ncsc1-c1ccc(CNC(=O)[C@@H]2C[C@@H](O)CN2C(=O)[C@@H](NC(=O)[C@H]2CC[C@@H](N3CC4(CN(c5cnc(N6C7CCC6CN(c6cc(-c8ccccc8O)nnc6N)C7)nc5)C4)C3)CC2)C(C)(C)C)cc1. The molecule has 6 N–H and O–H groups in total. The number of likely N-dealkylation sites (tertiary alicyclic amines) is 2. The van der Waals surface area contributed by atoms with Gasteiger partial charge in [-0.15, -0.1) is 21.5 Å². The smallest absolute Gasteiger partial charge is 0.246 e. The van der Waals surface area contributed by atoms with Crippen LogP contribution >= 0.6 is 11.3 Å². The fourth-order valence-corrected chi connectivity index (χ4v) is 13.3. The van der Waals surface area contributed by atoms with Crippen molar-refractivity contribution in [1.82, 2.24) is 45.6 Å². The Bertz CT molecular complexity index is 2820. The zero-order valence-corrected chi connectivity index (χ0v) is 43.0. The van der Waals surface area contributed by atoms with E-state index in [0.29, 0.717) is 23.1 Å². The first-order chi connectivity index (χ1) is 35.1. The van der Waals surface area contributed by atoms with Gasteiger partial charge in [0.1, 0.15) is 17.8 Å². The maximum atomic E-state index is 14.3. The first-order valence-corrected chi connectivity index (χ1v) is 26.8. The molecule has 2 bridgehead atoms. The number of aromatic nitrogens is 5. The van der Waals surface area contributed by atoms with Crippen LogP contribution < -0.4 is 31.1 Å². The summed E-state index contributed by atoms with van der Waals surface area (Å²) in [6.07, 6.45) is 8.70. The second-order valence-corrected chi connectivity index (χ2v) is 23.5. The van der Waals surface area contributed by atoms with Crippen molar-refractivity contribution in [2.75, 3.05) is 66.2 Å². The van der Waals surface area contributed by atoms with E-state index in [2.05, 4.69) is 45.4 Å². The number of phenolic OH excluding ortho intramolecular Hbond substituents is 1. The molecule has 0 radical (unpaired) electrons. The maximum absolute atomic E-state index is 14.3. The number of hydrogen-bond acceptors (Lipinski definition) is 16. The van der Waals surface area contributed by atoms with Gasteiger partial charge in [0.25, 0.3) is 0 Å². The first kappa shape index (κ1) is 48.8. The van der Waals surface area contributed by atoms with Gasteiger partial charge in [-0.1, -0.05) is 57.2 Å². The van der Waals surface area contributed by atoms with Gasteiger partial charge in [0.05, 0.1) is 51.6 Å². The Morgan fingerprint density at radius 1 is 0.849 bits per heavy atom. The van der Waals surface area contributed by atoms with Crippen molar-refractivity contribution in [3.05, 3.63) is 83.8 Å². The number of carbonyl (C=O) groups is 3. The number of aromatic hydroxyl groups is 1. The molecule has 5 atom stereocenters. The molecule has 18 nitrogen and oxygen atoms in total. The average molecular weight is 1010 g/mol. The molecule has 384 valence electrons. The van der Waals surface area contributed by atoms with Crippen molar-refractivity contribution in [2.24, 2.45) is 16.7 Å². The Hall–Kier alpha value is -6.44. The lowest BCUT2D eigenvalue weighted by molar-refractivity contribution is -0.145. The van der Waals surface area contributed by atoms with Crippen LogP contribution in [0.5, 0.6) is 5.75 Å². The van der Waals surface area contributed by atoms with Gasteiger partial charge in [0.15, 0.2) is 5.82 Å². The number of phenols is 1. The average Bonchev–Trinajstić information content (AvgIpc) is 4.05. The summed E-state index contributed by atoms with van der Waals surface area (Å²) in [6, 6.07) is 16.3. The van der Waals surface area contributed by atoms with E-state index in [0.717, 1.165) is 117 Å². The summed E-state index contributed by atoms with van der Waals surface area (Å²) in [6.45, 7) is 13.6. The second-order valence-electron chi connectivity index (χ2n) is 22.6. The molecular weight excluding hydrogens is 943 g/mol. The lowest BCUT2D eigenvalue weighted by Crippen LogP contribution is -2.73. The lowest BCUT2D eigenvalue weighted by atomic mass is 9.70. The largest absolute Gasteiger partial charge is 0.507 e. The number of benzene rings is 2. The van der Waals surface area contributed by atoms with E-state index < -0.39 is 23.6 Å². The van der Waals surface area contributed by atoms with Crippen LogP contribution in [-0.2, 0) is 20.9 Å². The number of anilines is 4. The monoisotopic (exact) mass is 1010 g/mol. The molecule has 5 aromatic rings. The van der Waals surface area contributed by atoms with Crippen LogP contribution in [0.2, 0.25) is 0 Å². The Labute approximate surface area is 430 Å². The molecule has 5 aliphatic heterocycles. The number of nitrogen functional groups attached to an aromatic ring is 1. The quantitative estimate of drug-likeness (QED) is 0.111. The minimum absolute atomic E-state index is 0.0389. The van der Waals surface area contributed by atoms with Crippen LogP contribution in [-0.4, -0.2) is 145 Å². The van der Waals surface area contributed by atoms with Gasteiger partial charge < -0.3 is 46.2 Å². The zero-order chi connectivity index (χ0) is 50.8. The van der Waals surface area contributed by atoms with Crippen LogP contribution in [0.4, 0.5) is 23.1 Å². The topological polar surface area (TPSA) is 222 Å². The predicted octanol–water partition coefficient (Wildman–Crippen LogP) is 5.00. The number of aliphatic hydroxyl groups is 1. The molecule has 1 saturated carbocycles. The number of carbonyl (C=O) groups excluding carboxylic acids is 3. The van der Waals surface area contributed by atoms with E-state index in [1.165, 1.54) is 4.90 Å². The van der Waals surface area contributed by atoms with Gasteiger partial charge in [0, 0.05) is 93.8 Å². The normalized spacial score (nSPS) is 25.1. The van der Waals surface area contributed by atoms with E-state index in [1.807, 2.05) is 88.1 Å². The minimum atomic E-state index is -0.852. The Kier molecular flexibility index (Phi) is 13.0. The number of thiazole rings is 1. The van der Waals surface area contributed by atoms with E-state index in [4.69, 9.17) is 15.7 Å². The molecule has 1 spiro atoms. The fourth-order valence-electron chi connectivity index (χ4n) is 12.5. The second kappa shape index (κ2) is 19.4. The summed E-state index contributed by atoms with van der Waals surface area (Å²) >= 11 is 1.59. The van der Waals surface area contributed by atoms with Gasteiger partial charge in [0.2, 0.25) is 23.7 Å². The van der Waals surface area contributed by atoms with Crippen molar-refractivity contribution >= 4 is 52.2 Å². The molecule has 73 heavy (non-hydrogen) atoms. The highest BCUT2D eigenvalue weighted by molar-refractivity contribution is 7.13. The lowest BCUT2D eigenvalue weighted by Gasteiger charge is -2.63. The van der Waals surface area contributed by atoms with Crippen molar-refractivity contribution in [3.8, 4) is 27.4 Å². The van der Waals surface area contributed by atoms with Gasteiger partial charge >= 0.3 is 0 Å². The molecule has 11 rings (SSSR count). The third-order valence-electron chi connectivity index (χ3n) is 16.4. The number of piperazine rings is 1. The fraction of sp³-hybridized carbons (Fsp3) is 0.519. The summed E-state index contributed by atoms with van der Waals surface area (Å²) in [7, 11) is 0. The number of amides is 3. The molecule has 1 aliphatic carbocycles. The number of β-amino-alcohol motifs (C(OH)–C–C–N with tert-alkyl or cyclic N) is 1. The maximum Gasteiger partial charge on any atom is 0.246 e. The van der Waals surface area contributed by atoms with Gasteiger partial charge in [-0.05, 0) is 80.2 Å². The van der Waals surface area contributed by atoms with Crippen LogP contribution in [0.3, 0.4) is 0 Å². The minimum Gasteiger partial charge on any atom is -0.507 e. The summed E-state index contributed by atoms with van der Waals surface area (Å²) < 4.78 is 0. The summed E-state index contributed by atoms with van der Waals surface area (Å²) in [5.41, 5.74) is 13.9. The summed E-state index contributed by atoms with van der Waals surface area (Å²) in [5.74, 6) is 0.324. The molecule has 19 heteroatoms. The van der Waals surface area contributed by atoms with E-state index in [-0.39, 0.29) is 66.4 Å². The summed E-state index contributed by atoms with van der Waals surface area (Å²) in [4.78, 5) is 68.3. The van der Waals surface area contributed by atoms with E-state index >= 15 is 0 Å². The van der Waals surface area contributed by atoms with E-state index in [1.54, 1.807) is 23.5 Å². The molecule has 6 fully saturated rings. The Balaban J connectivity index is 0.631. The van der Waals surface area contributed by atoms with Crippen molar-refractivity contribution in [2.45, 2.75) is 115 Å². The van der Waals surface area contributed by atoms with Gasteiger partial charge in [-0.3, -0.25) is 19.3 Å². The molecule has 2 aromatic carbocycles. The first-order valence-electron chi connectivity index (χ1n) is 25.9. The standard InChI is InChI=1S/C54H67N13O5S/c1-32-46(73-31-59-32)34-11-9-33(10-12-34)21-56-50(71)44-19-40(68)26-66(44)51(72)47(53(2,3)4)60-49(70)35-13-15-36(16-14-35)64-27-54(28-64)29-65(30-54)39-22-57-52(58-23-39)67-37-17-18-38(67)25-63(24-37)43-20-42(61-62-48(43)55)41-7-5-6-8-45(41)69/h5-12,20,22-23,31,35-38,40,44,47,68-69H,13-19,21,24-30H2,1-4H3,(H2,55,62)(H,56,71)(H,60,70)/t35-,36+,37?,38?,40-,44+,47-/m1/s1. The van der Waals surface area contributed by atoms with Crippen molar-refractivity contribution in [1.29, 1.82) is 0 Å². The number of para-hydroxylation sites is 1. The highest BCUT2D eigenvalue weighted by Crippen LogP contribution is 2.45. The number of aryl methyl sites for hydroxylation is 1. The third kappa shape index (κ3) is 9.66. The van der Waals surface area contributed by atoms with Crippen LogP contribution in [0.1, 0.15) is 77.0 Å².